The van der Waals surface area contributed by atoms with Gasteiger partial charge in [0.2, 0.25) is 7.85 Å². The molecule has 1 fully saturated rings. The summed E-state index contributed by atoms with van der Waals surface area (Å²) in [5.74, 6) is 1.88. The molecule has 126 valence electrons. The van der Waals surface area contributed by atoms with Crippen LogP contribution in [0.3, 0.4) is 0 Å². The van der Waals surface area contributed by atoms with Crippen molar-refractivity contribution in [2.24, 2.45) is 5.92 Å². The first-order chi connectivity index (χ1) is 10.9. The van der Waals surface area contributed by atoms with E-state index in [2.05, 4.69) is 13.8 Å². The van der Waals surface area contributed by atoms with Gasteiger partial charge in [0.1, 0.15) is 11.5 Å². The van der Waals surface area contributed by atoms with Gasteiger partial charge in [-0.05, 0) is 31.4 Å². The van der Waals surface area contributed by atoms with Gasteiger partial charge in [0.25, 0.3) is 0 Å². The average Bonchev–Trinajstić information content (AvgIpc) is 2.82. The van der Waals surface area contributed by atoms with Crippen LogP contribution in [0.5, 0.6) is 11.5 Å². The molecule has 2 unspecified atom stereocenters. The Morgan fingerprint density at radius 1 is 1.35 bits per heavy atom. The van der Waals surface area contributed by atoms with Gasteiger partial charge in [0.15, 0.2) is 12.0 Å². The van der Waals surface area contributed by atoms with E-state index >= 15 is 0 Å². The van der Waals surface area contributed by atoms with Crippen molar-refractivity contribution < 1.29 is 19.0 Å². The molecule has 1 saturated heterocycles. The first-order valence-electron chi connectivity index (χ1n) is 8.05. The summed E-state index contributed by atoms with van der Waals surface area (Å²) in [6, 6.07) is 5.66. The Hall–Kier alpha value is -1.69. The number of hydrogen-bond acceptors (Lipinski definition) is 4. The van der Waals surface area contributed by atoms with Gasteiger partial charge >= 0.3 is 0 Å². The number of benzene rings is 1. The minimum atomic E-state index is -0.424. The van der Waals surface area contributed by atoms with Crippen LogP contribution in [0.15, 0.2) is 18.2 Å². The molecule has 5 nitrogen and oxygen atoms in total. The number of methoxy groups -OCH3 is 2. The average molecular weight is 319 g/mol. The van der Waals surface area contributed by atoms with Crippen molar-refractivity contribution >= 4 is 13.7 Å². The molecule has 0 N–H and O–H groups in total. The Bertz CT molecular complexity index is 564. The summed E-state index contributed by atoms with van der Waals surface area (Å²) in [6.07, 6.45) is 0.473. The molecular formula is C17H26BNO4. The monoisotopic (exact) mass is 319 g/mol. The van der Waals surface area contributed by atoms with Crippen LogP contribution in [0.4, 0.5) is 4.79 Å². The number of hydrogen-bond donors (Lipinski definition) is 0. The SMILES string of the molecule is BC(=O)N1C(c2ccc(OC)cc2OC)O[C@@H](C)C1CC(C)C. The minimum Gasteiger partial charge on any atom is -0.497 e. The summed E-state index contributed by atoms with van der Waals surface area (Å²) >= 11 is 0. The van der Waals surface area contributed by atoms with E-state index in [1.165, 1.54) is 0 Å². The highest BCUT2D eigenvalue weighted by Gasteiger charge is 2.43. The van der Waals surface area contributed by atoms with E-state index in [0.717, 1.165) is 12.0 Å². The molecule has 0 aromatic heterocycles. The predicted octanol–water partition coefficient (Wildman–Crippen LogP) is 2.59. The summed E-state index contributed by atoms with van der Waals surface area (Å²) in [7, 11) is 4.82. The lowest BCUT2D eigenvalue weighted by molar-refractivity contribution is 0.0189. The molecule has 1 amide bonds. The van der Waals surface area contributed by atoms with Crippen LogP contribution >= 0.6 is 0 Å². The maximum Gasteiger partial charge on any atom is 0.216 e. The van der Waals surface area contributed by atoms with Crippen molar-refractivity contribution in [3.05, 3.63) is 23.8 Å². The lowest BCUT2D eigenvalue weighted by Crippen LogP contribution is -2.40. The van der Waals surface area contributed by atoms with Gasteiger partial charge in [-0.2, -0.15) is 0 Å². The smallest absolute Gasteiger partial charge is 0.216 e. The Labute approximate surface area is 139 Å². The summed E-state index contributed by atoms with van der Waals surface area (Å²) in [5, 5.41) is 0. The largest absolute Gasteiger partial charge is 0.497 e. The number of amides is 1. The highest BCUT2D eigenvalue weighted by atomic mass is 16.5. The lowest BCUT2D eigenvalue weighted by Gasteiger charge is -2.30. The van der Waals surface area contributed by atoms with Crippen molar-refractivity contribution in [1.29, 1.82) is 0 Å². The zero-order valence-electron chi connectivity index (χ0n) is 14.8. The van der Waals surface area contributed by atoms with Crippen LogP contribution in [0, 0.1) is 5.92 Å². The first-order valence-corrected chi connectivity index (χ1v) is 8.05. The Morgan fingerprint density at radius 2 is 2.04 bits per heavy atom. The fourth-order valence-electron chi connectivity index (χ4n) is 3.19. The van der Waals surface area contributed by atoms with E-state index in [1.54, 1.807) is 22.1 Å². The van der Waals surface area contributed by atoms with E-state index in [1.807, 2.05) is 30.0 Å². The number of carbonyl (C=O) groups excluding carboxylic acids is 1. The second-order valence-corrected chi connectivity index (χ2v) is 6.42. The molecule has 1 heterocycles. The molecule has 1 aromatic rings. The summed E-state index contributed by atoms with van der Waals surface area (Å²) in [5.41, 5.74) is 0.849. The van der Waals surface area contributed by atoms with E-state index in [-0.39, 0.29) is 18.0 Å². The lowest BCUT2D eigenvalue weighted by atomic mass is 9.96. The molecule has 0 saturated carbocycles. The summed E-state index contributed by atoms with van der Waals surface area (Å²) in [4.78, 5) is 14.1. The van der Waals surface area contributed by atoms with Crippen LogP contribution in [-0.2, 0) is 4.74 Å². The maximum atomic E-state index is 12.3. The van der Waals surface area contributed by atoms with Crippen molar-refractivity contribution in [2.75, 3.05) is 14.2 Å². The topological polar surface area (TPSA) is 48.0 Å². The van der Waals surface area contributed by atoms with Gasteiger partial charge in [-0.3, -0.25) is 4.79 Å². The van der Waals surface area contributed by atoms with Crippen molar-refractivity contribution in [3.8, 4) is 11.5 Å². The second kappa shape index (κ2) is 7.26. The zero-order chi connectivity index (χ0) is 17.1. The number of ether oxygens (including phenoxy) is 3. The van der Waals surface area contributed by atoms with E-state index in [4.69, 9.17) is 14.2 Å². The van der Waals surface area contributed by atoms with Gasteiger partial charge in [-0.25, -0.2) is 0 Å². The molecule has 2 rings (SSSR count). The van der Waals surface area contributed by atoms with Gasteiger partial charge in [-0.15, -0.1) is 0 Å². The second-order valence-electron chi connectivity index (χ2n) is 6.42. The molecule has 3 atom stereocenters. The fourth-order valence-corrected chi connectivity index (χ4v) is 3.19. The van der Waals surface area contributed by atoms with Crippen molar-refractivity contribution in [3.63, 3.8) is 0 Å². The molecular weight excluding hydrogens is 293 g/mol. The standard InChI is InChI=1S/C17H26BNO4/c1-10(2)8-14-11(3)23-16(19(14)17(18)20)13-7-6-12(21-4)9-15(13)22-5/h6-7,9-11,14,16H,8,18H2,1-5H3/t11-,14?,16?/m0/s1. The number of carbonyl (C=O) groups is 1. The van der Waals surface area contributed by atoms with Crippen LogP contribution < -0.4 is 9.47 Å². The minimum absolute atomic E-state index is 0.0156. The third-order valence-corrected chi connectivity index (χ3v) is 4.28. The Balaban J connectivity index is 2.39. The van der Waals surface area contributed by atoms with E-state index in [0.29, 0.717) is 17.4 Å². The Kier molecular flexibility index (Phi) is 5.57. The predicted molar refractivity (Wildman–Crippen MR) is 91.9 cm³/mol. The molecule has 6 heteroatoms. The normalized spacial score (nSPS) is 24.1. The van der Waals surface area contributed by atoms with Gasteiger partial charge in [0, 0.05) is 11.6 Å². The van der Waals surface area contributed by atoms with E-state index in [9.17, 15) is 4.79 Å². The molecule has 23 heavy (non-hydrogen) atoms. The summed E-state index contributed by atoms with van der Waals surface area (Å²) < 4.78 is 16.9. The van der Waals surface area contributed by atoms with Crippen molar-refractivity contribution in [1.82, 2.24) is 4.90 Å². The quantitative estimate of drug-likeness (QED) is 0.783. The van der Waals surface area contributed by atoms with Crippen LogP contribution in [0.1, 0.15) is 39.0 Å². The third-order valence-electron chi connectivity index (χ3n) is 4.28. The highest BCUT2D eigenvalue weighted by molar-refractivity contribution is 6.57. The third kappa shape index (κ3) is 3.63. The molecule has 1 aliphatic heterocycles. The highest BCUT2D eigenvalue weighted by Crippen LogP contribution is 2.41. The molecule has 0 spiro atoms. The van der Waals surface area contributed by atoms with E-state index < -0.39 is 6.23 Å². The molecule has 0 radical (unpaired) electrons. The van der Waals surface area contributed by atoms with Gasteiger partial charge in [0.05, 0.1) is 26.4 Å². The molecule has 1 aromatic carbocycles. The first kappa shape index (κ1) is 17.7. The van der Waals surface area contributed by atoms with Gasteiger partial charge in [-0.1, -0.05) is 13.8 Å². The fraction of sp³-hybridized carbons (Fsp3) is 0.588. The van der Waals surface area contributed by atoms with Gasteiger partial charge < -0.3 is 19.1 Å². The number of nitrogens with zero attached hydrogens (tertiary/aromatic N) is 1. The zero-order valence-corrected chi connectivity index (χ0v) is 14.8. The molecule has 0 bridgehead atoms. The number of rotatable bonds is 5. The molecule has 0 aliphatic carbocycles. The molecule has 1 aliphatic rings. The van der Waals surface area contributed by atoms with Crippen LogP contribution in [0.2, 0.25) is 0 Å². The van der Waals surface area contributed by atoms with Crippen molar-refractivity contribution in [2.45, 2.75) is 45.6 Å². The maximum absolute atomic E-state index is 12.3. The summed E-state index contributed by atoms with van der Waals surface area (Å²) in [6.45, 7) is 6.34. The van der Waals surface area contributed by atoms with Crippen LogP contribution in [0.25, 0.3) is 0 Å². The van der Waals surface area contributed by atoms with Crippen LogP contribution in [-0.4, -0.2) is 44.9 Å². The Morgan fingerprint density at radius 3 is 2.57 bits per heavy atom.